The van der Waals surface area contributed by atoms with Crippen molar-refractivity contribution in [1.29, 1.82) is 0 Å². The van der Waals surface area contributed by atoms with Crippen molar-refractivity contribution >= 4 is 46.9 Å². The fourth-order valence-electron chi connectivity index (χ4n) is 3.87. The smallest absolute Gasteiger partial charge is 0.344 e. The fraction of sp³-hybridized carbons (Fsp3) is 0.350. The molecule has 3 atom stereocenters. The minimum absolute atomic E-state index is 0.225. The van der Waals surface area contributed by atoms with Gasteiger partial charge in [0, 0.05) is 10.8 Å². The summed E-state index contributed by atoms with van der Waals surface area (Å²) in [4.78, 5) is 64.5. The topological polar surface area (TPSA) is 143 Å². The van der Waals surface area contributed by atoms with Crippen molar-refractivity contribution in [1.82, 2.24) is 9.88 Å². The first-order valence-corrected chi connectivity index (χ1v) is 11.3. The SMILES string of the molecule is CCOC(=O)COc1cccc([C@@H]2c3sc(=O)[nH]c3SC3C(=O)N(CC(=O)O)C(=O)C32)c1. The molecule has 0 saturated carbocycles. The Labute approximate surface area is 189 Å². The Hall–Kier alpha value is -3.12. The van der Waals surface area contributed by atoms with Gasteiger partial charge in [-0.1, -0.05) is 35.2 Å². The highest BCUT2D eigenvalue weighted by molar-refractivity contribution is 8.00. The molecule has 1 saturated heterocycles. The third-order valence-corrected chi connectivity index (χ3v) is 7.49. The minimum Gasteiger partial charge on any atom is -0.482 e. The minimum atomic E-state index is -1.29. The molecule has 2 aliphatic rings. The van der Waals surface area contributed by atoms with Gasteiger partial charge in [0.25, 0.3) is 0 Å². The van der Waals surface area contributed by atoms with Gasteiger partial charge >= 0.3 is 16.8 Å². The van der Waals surface area contributed by atoms with E-state index in [1.807, 2.05) is 0 Å². The number of thiazole rings is 1. The van der Waals surface area contributed by atoms with Crippen molar-refractivity contribution in [3.8, 4) is 5.75 Å². The zero-order valence-corrected chi connectivity index (χ0v) is 18.4. The first-order chi connectivity index (χ1) is 15.3. The van der Waals surface area contributed by atoms with E-state index in [0.717, 1.165) is 28.0 Å². The zero-order chi connectivity index (χ0) is 23.0. The van der Waals surface area contributed by atoms with Crippen LogP contribution in [0, 0.1) is 5.92 Å². The van der Waals surface area contributed by atoms with Crippen LogP contribution in [-0.4, -0.2) is 63.8 Å². The van der Waals surface area contributed by atoms with Crippen molar-refractivity contribution in [2.45, 2.75) is 23.1 Å². The molecular weight excluding hydrogens is 460 g/mol. The Morgan fingerprint density at radius 2 is 2.00 bits per heavy atom. The number of nitrogens with zero attached hydrogens (tertiary/aromatic N) is 1. The van der Waals surface area contributed by atoms with E-state index in [1.165, 1.54) is 0 Å². The number of carboxylic acid groups (broad SMARTS) is 1. The summed E-state index contributed by atoms with van der Waals surface area (Å²) in [5, 5.41) is 8.76. The van der Waals surface area contributed by atoms with Gasteiger partial charge in [-0.2, -0.15) is 0 Å². The Kier molecular flexibility index (Phi) is 6.07. The molecule has 0 radical (unpaired) electrons. The lowest BCUT2D eigenvalue weighted by atomic mass is 9.83. The number of likely N-dealkylation sites (tertiary alicyclic amines) is 1. The van der Waals surface area contributed by atoms with E-state index in [2.05, 4.69) is 4.98 Å². The molecule has 1 aromatic carbocycles. The number of carbonyl (C=O) groups is 4. The van der Waals surface area contributed by atoms with Gasteiger partial charge in [0.2, 0.25) is 11.8 Å². The third-order valence-electron chi connectivity index (χ3n) is 5.09. The van der Waals surface area contributed by atoms with Crippen LogP contribution < -0.4 is 9.61 Å². The molecule has 12 heteroatoms. The second-order valence-corrected chi connectivity index (χ2v) is 9.24. The quantitative estimate of drug-likeness (QED) is 0.441. The molecule has 3 heterocycles. The average Bonchev–Trinajstić information content (AvgIpc) is 3.23. The number of esters is 1. The van der Waals surface area contributed by atoms with Gasteiger partial charge in [-0.25, -0.2) is 4.79 Å². The van der Waals surface area contributed by atoms with Crippen molar-refractivity contribution in [3.05, 3.63) is 44.4 Å². The van der Waals surface area contributed by atoms with Crippen LogP contribution in [0.3, 0.4) is 0 Å². The van der Waals surface area contributed by atoms with Crippen LogP contribution in [0.2, 0.25) is 0 Å². The first-order valence-electron chi connectivity index (χ1n) is 9.65. The number of aromatic amines is 1. The number of rotatable bonds is 7. The molecule has 1 aromatic heterocycles. The van der Waals surface area contributed by atoms with Gasteiger partial charge in [0.1, 0.15) is 17.5 Å². The second kappa shape index (κ2) is 8.79. The highest BCUT2D eigenvalue weighted by Gasteiger charge is 2.56. The maximum absolute atomic E-state index is 13.1. The van der Waals surface area contributed by atoms with E-state index >= 15 is 0 Å². The van der Waals surface area contributed by atoms with Crippen molar-refractivity contribution in [2.75, 3.05) is 19.8 Å². The molecule has 4 rings (SSSR count). The standard InChI is InChI=1S/C20H18N2O8S2/c1-2-29-12(25)8-30-10-5-3-4-9(6-10)13-14-16(31-17-15(13)32-20(28)21-17)19(27)22(18(14)26)7-11(23)24/h3-6,13-14,16H,2,7-8H2,1H3,(H,21,28)(H,23,24)/t13-,14?,16?/m0/s1. The fourth-order valence-corrected chi connectivity index (χ4v) is 6.40. The molecule has 0 aliphatic carbocycles. The summed E-state index contributed by atoms with van der Waals surface area (Å²) in [6.45, 7) is 0.897. The predicted molar refractivity (Wildman–Crippen MR) is 113 cm³/mol. The molecule has 2 amide bonds. The van der Waals surface area contributed by atoms with Crippen LogP contribution in [0.4, 0.5) is 0 Å². The van der Waals surface area contributed by atoms with Crippen molar-refractivity contribution in [3.63, 3.8) is 0 Å². The summed E-state index contributed by atoms with van der Waals surface area (Å²) in [6.07, 6.45) is 0. The number of carbonyl (C=O) groups excluding carboxylic acids is 3. The van der Waals surface area contributed by atoms with Gasteiger partial charge in [0.15, 0.2) is 6.61 Å². The summed E-state index contributed by atoms with van der Waals surface area (Å²) in [6, 6.07) is 6.69. The number of imide groups is 1. The number of nitrogens with one attached hydrogen (secondary N) is 1. The summed E-state index contributed by atoms with van der Waals surface area (Å²) in [5.41, 5.74) is 0.608. The number of amides is 2. The van der Waals surface area contributed by atoms with E-state index in [9.17, 15) is 24.0 Å². The molecule has 2 aliphatic heterocycles. The first kappa shape index (κ1) is 22.1. The van der Waals surface area contributed by atoms with Crippen molar-refractivity contribution < 1.29 is 33.8 Å². The van der Waals surface area contributed by atoms with E-state index < -0.39 is 47.4 Å². The van der Waals surface area contributed by atoms with E-state index in [-0.39, 0.29) is 18.1 Å². The lowest BCUT2D eigenvalue weighted by molar-refractivity contribution is -0.149. The van der Waals surface area contributed by atoms with E-state index in [1.54, 1.807) is 31.2 Å². The number of benzene rings is 1. The van der Waals surface area contributed by atoms with Gasteiger partial charge in [-0.05, 0) is 24.6 Å². The predicted octanol–water partition coefficient (Wildman–Crippen LogP) is 1.05. The molecule has 1 fully saturated rings. The second-order valence-electron chi connectivity index (χ2n) is 7.07. The van der Waals surface area contributed by atoms with Crippen LogP contribution in [0.1, 0.15) is 23.3 Å². The summed E-state index contributed by atoms with van der Waals surface area (Å²) in [7, 11) is 0. The number of thioether (sulfide) groups is 1. The zero-order valence-electron chi connectivity index (χ0n) is 16.7. The molecule has 0 spiro atoms. The van der Waals surface area contributed by atoms with E-state index in [4.69, 9.17) is 14.6 Å². The van der Waals surface area contributed by atoms with Crippen LogP contribution in [0.5, 0.6) is 5.75 Å². The molecule has 0 bridgehead atoms. The lowest BCUT2D eigenvalue weighted by Gasteiger charge is -2.30. The number of carboxylic acids is 1. The van der Waals surface area contributed by atoms with Gasteiger partial charge in [-0.15, -0.1) is 0 Å². The van der Waals surface area contributed by atoms with Crippen LogP contribution in [0.25, 0.3) is 0 Å². The maximum Gasteiger partial charge on any atom is 0.344 e. The summed E-state index contributed by atoms with van der Waals surface area (Å²) >= 11 is 2.02. The highest BCUT2D eigenvalue weighted by Crippen LogP contribution is 2.52. The van der Waals surface area contributed by atoms with Gasteiger partial charge in [-0.3, -0.25) is 24.1 Å². The number of hydrogen-bond acceptors (Lipinski definition) is 9. The van der Waals surface area contributed by atoms with Crippen LogP contribution in [0.15, 0.2) is 34.1 Å². The molecule has 168 valence electrons. The highest BCUT2D eigenvalue weighted by atomic mass is 32.2. The molecule has 10 nitrogen and oxygen atoms in total. The number of ether oxygens (including phenoxy) is 2. The normalized spacial score (nSPS) is 21.8. The number of H-pyrrole nitrogens is 1. The maximum atomic E-state index is 13.1. The molecule has 2 unspecified atom stereocenters. The molecule has 2 aromatic rings. The summed E-state index contributed by atoms with van der Waals surface area (Å²) < 4.78 is 10.3. The Morgan fingerprint density at radius 3 is 2.72 bits per heavy atom. The van der Waals surface area contributed by atoms with E-state index in [0.29, 0.717) is 21.2 Å². The largest absolute Gasteiger partial charge is 0.482 e. The van der Waals surface area contributed by atoms with Gasteiger partial charge in [0.05, 0.1) is 17.6 Å². The number of aromatic nitrogens is 1. The number of aliphatic carboxylic acids is 1. The molecular formula is C20H18N2O8S2. The Bertz CT molecular complexity index is 1160. The lowest BCUT2D eigenvalue weighted by Crippen LogP contribution is -2.36. The summed E-state index contributed by atoms with van der Waals surface area (Å²) in [5.74, 6) is -4.17. The Balaban J connectivity index is 1.71. The van der Waals surface area contributed by atoms with Crippen LogP contribution in [-0.2, 0) is 23.9 Å². The van der Waals surface area contributed by atoms with Gasteiger partial charge < -0.3 is 19.6 Å². The molecule has 32 heavy (non-hydrogen) atoms. The van der Waals surface area contributed by atoms with Crippen LogP contribution >= 0.6 is 23.1 Å². The van der Waals surface area contributed by atoms with Crippen molar-refractivity contribution in [2.24, 2.45) is 5.92 Å². The Morgan fingerprint density at radius 1 is 1.22 bits per heavy atom. The number of hydrogen-bond donors (Lipinski definition) is 2. The average molecular weight is 479 g/mol. The number of fused-ring (bicyclic) bond motifs is 2. The third kappa shape index (κ3) is 4.02. The molecule has 2 N–H and O–H groups in total. The monoisotopic (exact) mass is 478 g/mol.